The van der Waals surface area contributed by atoms with E-state index in [-0.39, 0.29) is 12.3 Å². The second kappa shape index (κ2) is 7.84. The number of hydrogen-bond acceptors (Lipinski definition) is 4. The smallest absolute Gasteiger partial charge is 0.240 e. The van der Waals surface area contributed by atoms with Gasteiger partial charge in [0.05, 0.1) is 18.6 Å². The Morgan fingerprint density at radius 3 is 2.84 bits per heavy atom. The monoisotopic (exact) mass is 256 g/mol. The van der Waals surface area contributed by atoms with Crippen LogP contribution in [-0.4, -0.2) is 22.3 Å². The lowest BCUT2D eigenvalue weighted by Gasteiger charge is -2.23. The first-order valence-electron chi connectivity index (χ1n) is 6.17. The van der Waals surface area contributed by atoms with E-state index in [0.717, 1.165) is 5.56 Å². The van der Waals surface area contributed by atoms with Gasteiger partial charge in [-0.15, -0.1) is 0 Å². The van der Waals surface area contributed by atoms with Gasteiger partial charge >= 0.3 is 0 Å². The number of aromatic nitrogens is 1. The number of carbonyl (C=O) groups excluding carboxylic acids is 1. The molecule has 5 nitrogen and oxygen atoms in total. The van der Waals surface area contributed by atoms with Gasteiger partial charge in [-0.3, -0.25) is 9.78 Å². The number of carbonyl (C=O) groups is 1. The van der Waals surface area contributed by atoms with Gasteiger partial charge in [-0.25, -0.2) is 0 Å². The Bertz CT molecular complexity index is 486. The maximum Gasteiger partial charge on any atom is 0.240 e. The summed E-state index contributed by atoms with van der Waals surface area (Å²) in [7, 11) is 0. The zero-order valence-electron chi connectivity index (χ0n) is 10.9. The first kappa shape index (κ1) is 14.7. The summed E-state index contributed by atoms with van der Waals surface area (Å²) in [6, 6.07) is 7.69. The molecule has 0 N–H and O–H groups in total. The molecule has 0 aliphatic rings. The van der Waals surface area contributed by atoms with Gasteiger partial charge < -0.3 is 4.90 Å². The van der Waals surface area contributed by atoms with E-state index in [0.29, 0.717) is 19.5 Å². The molecule has 1 heterocycles. The number of nitrogens with zero attached hydrogens (tertiary/aromatic N) is 4. The third-order valence-corrected chi connectivity index (χ3v) is 2.76. The van der Waals surface area contributed by atoms with Crippen LogP contribution in [-0.2, 0) is 11.3 Å². The van der Waals surface area contributed by atoms with Crippen LogP contribution in [0.3, 0.4) is 0 Å². The minimum Gasteiger partial charge on any atom is -0.336 e. The molecular weight excluding hydrogens is 240 g/mol. The molecule has 5 heteroatoms. The van der Waals surface area contributed by atoms with E-state index in [1.807, 2.05) is 18.2 Å². The third kappa shape index (κ3) is 4.40. The summed E-state index contributed by atoms with van der Waals surface area (Å²) in [6.45, 7) is 2.52. The van der Waals surface area contributed by atoms with Gasteiger partial charge in [-0.1, -0.05) is 13.0 Å². The van der Waals surface area contributed by atoms with Crippen LogP contribution in [0.5, 0.6) is 0 Å². The highest BCUT2D eigenvalue weighted by atomic mass is 16.2. The van der Waals surface area contributed by atoms with Crippen LogP contribution in [0.1, 0.15) is 25.3 Å². The quantitative estimate of drug-likeness (QED) is 0.778. The van der Waals surface area contributed by atoms with Crippen molar-refractivity contribution in [2.75, 3.05) is 6.54 Å². The van der Waals surface area contributed by atoms with Gasteiger partial charge in [0.1, 0.15) is 5.92 Å². The lowest BCUT2D eigenvalue weighted by atomic mass is 10.1. The molecule has 1 aromatic heterocycles. The molecule has 98 valence electrons. The van der Waals surface area contributed by atoms with Crippen molar-refractivity contribution in [1.29, 1.82) is 10.5 Å². The molecule has 1 rings (SSSR count). The van der Waals surface area contributed by atoms with E-state index in [1.165, 1.54) is 0 Å². The summed E-state index contributed by atoms with van der Waals surface area (Å²) in [5.74, 6) is -0.862. The summed E-state index contributed by atoms with van der Waals surface area (Å²) in [5.41, 5.74) is 0.890. The van der Waals surface area contributed by atoms with Crippen molar-refractivity contribution in [2.24, 2.45) is 5.92 Å². The predicted octanol–water partition coefficient (Wildman–Crippen LogP) is 1.87. The van der Waals surface area contributed by atoms with Gasteiger partial charge in [-0.2, -0.15) is 10.5 Å². The molecule has 0 radical (unpaired) electrons. The fourth-order valence-corrected chi connectivity index (χ4v) is 1.71. The SMILES string of the molecule is CCC(C#N)C(=O)N(CCC#N)Cc1cccnc1. The number of rotatable bonds is 6. The summed E-state index contributed by atoms with van der Waals surface area (Å²) in [6.07, 6.45) is 4.08. The van der Waals surface area contributed by atoms with Gasteiger partial charge in [-0.05, 0) is 18.1 Å². The zero-order chi connectivity index (χ0) is 14.1. The molecule has 0 aromatic carbocycles. The van der Waals surface area contributed by atoms with Crippen LogP contribution < -0.4 is 0 Å². The Labute approximate surface area is 113 Å². The van der Waals surface area contributed by atoms with Crippen LogP contribution in [0.4, 0.5) is 0 Å². The normalized spacial score (nSPS) is 11.1. The molecule has 1 aromatic rings. The molecule has 1 atom stereocenters. The van der Waals surface area contributed by atoms with E-state index >= 15 is 0 Å². The molecule has 0 bridgehead atoms. The number of pyridine rings is 1. The molecule has 0 spiro atoms. The highest BCUT2D eigenvalue weighted by Gasteiger charge is 2.22. The Kier molecular flexibility index (Phi) is 6.05. The Morgan fingerprint density at radius 1 is 1.53 bits per heavy atom. The molecule has 0 saturated heterocycles. The van der Waals surface area contributed by atoms with Crippen molar-refractivity contribution in [2.45, 2.75) is 26.3 Å². The number of hydrogen-bond donors (Lipinski definition) is 0. The fraction of sp³-hybridized carbons (Fsp3) is 0.429. The largest absolute Gasteiger partial charge is 0.336 e. The predicted molar refractivity (Wildman–Crippen MR) is 69.3 cm³/mol. The van der Waals surface area contributed by atoms with Crippen LogP contribution in [0, 0.1) is 28.6 Å². The zero-order valence-corrected chi connectivity index (χ0v) is 10.9. The molecule has 0 aliphatic carbocycles. The maximum atomic E-state index is 12.2. The summed E-state index contributed by atoms with van der Waals surface area (Å²) in [4.78, 5) is 17.7. The minimum absolute atomic E-state index is 0.218. The van der Waals surface area contributed by atoms with Crippen molar-refractivity contribution in [3.05, 3.63) is 30.1 Å². The van der Waals surface area contributed by atoms with Gasteiger partial charge in [0.15, 0.2) is 0 Å². The first-order valence-corrected chi connectivity index (χ1v) is 6.17. The highest BCUT2D eigenvalue weighted by Crippen LogP contribution is 2.11. The maximum absolute atomic E-state index is 12.2. The number of amides is 1. The van der Waals surface area contributed by atoms with Crippen molar-refractivity contribution < 1.29 is 4.79 Å². The lowest BCUT2D eigenvalue weighted by Crippen LogP contribution is -2.35. The van der Waals surface area contributed by atoms with E-state index in [9.17, 15) is 4.79 Å². The van der Waals surface area contributed by atoms with Crippen LogP contribution in [0.15, 0.2) is 24.5 Å². The summed E-state index contributed by atoms with van der Waals surface area (Å²) >= 11 is 0. The molecule has 0 fully saturated rings. The second-order valence-electron chi connectivity index (χ2n) is 4.12. The van der Waals surface area contributed by atoms with E-state index in [4.69, 9.17) is 10.5 Å². The van der Waals surface area contributed by atoms with E-state index in [1.54, 1.807) is 30.3 Å². The van der Waals surface area contributed by atoms with Crippen LogP contribution >= 0.6 is 0 Å². The molecule has 0 aliphatic heterocycles. The molecular formula is C14H16N4O. The van der Waals surface area contributed by atoms with Crippen molar-refractivity contribution in [3.63, 3.8) is 0 Å². The van der Waals surface area contributed by atoms with Gasteiger partial charge in [0, 0.05) is 25.5 Å². The Morgan fingerprint density at radius 2 is 2.32 bits per heavy atom. The average Bonchev–Trinajstić information content (AvgIpc) is 2.45. The number of nitriles is 2. The molecule has 19 heavy (non-hydrogen) atoms. The third-order valence-electron chi connectivity index (χ3n) is 2.76. The summed E-state index contributed by atoms with van der Waals surface area (Å²) < 4.78 is 0. The standard InChI is InChI=1S/C14H16N4O/c1-2-13(9-16)14(19)18(8-4-6-15)11-12-5-3-7-17-10-12/h3,5,7,10,13H,2,4,8,11H2,1H3. The highest BCUT2D eigenvalue weighted by molar-refractivity contribution is 5.81. The first-order chi connectivity index (χ1) is 9.22. The van der Waals surface area contributed by atoms with E-state index < -0.39 is 5.92 Å². The fourth-order valence-electron chi connectivity index (χ4n) is 1.71. The second-order valence-corrected chi connectivity index (χ2v) is 4.12. The summed E-state index contributed by atoms with van der Waals surface area (Å²) in [5, 5.41) is 17.6. The van der Waals surface area contributed by atoms with Crippen molar-refractivity contribution in [1.82, 2.24) is 9.88 Å². The minimum atomic E-state index is -0.643. The Balaban J connectivity index is 2.80. The topological polar surface area (TPSA) is 80.8 Å². The van der Waals surface area contributed by atoms with Crippen LogP contribution in [0.25, 0.3) is 0 Å². The molecule has 1 unspecified atom stereocenters. The lowest BCUT2D eigenvalue weighted by molar-refractivity contribution is -0.134. The average molecular weight is 256 g/mol. The molecule has 1 amide bonds. The molecule has 0 saturated carbocycles. The van der Waals surface area contributed by atoms with Gasteiger partial charge in [0.2, 0.25) is 5.91 Å². The Hall–Kier alpha value is -2.40. The van der Waals surface area contributed by atoms with Gasteiger partial charge in [0.25, 0.3) is 0 Å². The van der Waals surface area contributed by atoms with Crippen molar-refractivity contribution in [3.8, 4) is 12.1 Å². The van der Waals surface area contributed by atoms with Crippen LogP contribution in [0.2, 0.25) is 0 Å². The van der Waals surface area contributed by atoms with Crippen molar-refractivity contribution >= 4 is 5.91 Å². The van der Waals surface area contributed by atoms with E-state index in [2.05, 4.69) is 4.98 Å².